The predicted octanol–water partition coefficient (Wildman–Crippen LogP) is 1.77. The largest absolute Gasteiger partial charge is 0.480 e. The minimum atomic E-state index is -3.80. The summed E-state index contributed by atoms with van der Waals surface area (Å²) >= 11 is 0. The fourth-order valence-electron chi connectivity index (χ4n) is 1.71. The summed E-state index contributed by atoms with van der Waals surface area (Å²) in [6.45, 7) is 5.47. The molecule has 0 saturated carbocycles. The van der Waals surface area contributed by atoms with Gasteiger partial charge in [-0.25, -0.2) is 8.42 Å². The molecule has 2 N–H and O–H groups in total. The first-order valence-electron chi connectivity index (χ1n) is 6.04. The van der Waals surface area contributed by atoms with E-state index in [4.69, 9.17) is 5.11 Å². The van der Waals surface area contributed by atoms with E-state index >= 15 is 0 Å². The van der Waals surface area contributed by atoms with Crippen LogP contribution in [0.4, 0.5) is 0 Å². The van der Waals surface area contributed by atoms with Crippen molar-refractivity contribution < 1.29 is 18.3 Å². The molecule has 0 aromatic heterocycles. The molecule has 1 aromatic carbocycles. The van der Waals surface area contributed by atoms with E-state index in [0.717, 1.165) is 5.56 Å². The lowest BCUT2D eigenvalue weighted by atomic mass is 10.1. The van der Waals surface area contributed by atoms with E-state index < -0.39 is 22.0 Å². The highest BCUT2D eigenvalue weighted by Gasteiger charge is 2.25. The van der Waals surface area contributed by atoms with Gasteiger partial charge in [0, 0.05) is 0 Å². The third-order valence-corrected chi connectivity index (χ3v) is 4.07. The van der Waals surface area contributed by atoms with Gasteiger partial charge in [0.15, 0.2) is 0 Å². The molecule has 1 atom stereocenters. The van der Waals surface area contributed by atoms with Gasteiger partial charge >= 0.3 is 5.97 Å². The molecular weight excluding hydrogens is 266 g/mol. The van der Waals surface area contributed by atoms with E-state index in [1.54, 1.807) is 19.1 Å². The van der Waals surface area contributed by atoms with Gasteiger partial charge in [0.25, 0.3) is 0 Å². The standard InChI is InChI=1S/C13H19NO4S/c1-9(2)7-12(13(15)16)14-19(17,18)11-6-4-5-10(3)8-11/h4-6,8-9,12,14H,7H2,1-3H3,(H,15,16). The number of carboxylic acid groups (broad SMARTS) is 1. The van der Waals surface area contributed by atoms with Gasteiger partial charge in [-0.1, -0.05) is 26.0 Å². The van der Waals surface area contributed by atoms with Crippen LogP contribution in [0.15, 0.2) is 29.2 Å². The van der Waals surface area contributed by atoms with Crippen molar-refractivity contribution in [3.8, 4) is 0 Å². The van der Waals surface area contributed by atoms with Gasteiger partial charge < -0.3 is 5.11 Å². The Bertz CT molecular complexity index is 552. The molecular formula is C13H19NO4S. The van der Waals surface area contributed by atoms with E-state index in [1.807, 2.05) is 13.8 Å². The van der Waals surface area contributed by atoms with Gasteiger partial charge in [-0.2, -0.15) is 4.72 Å². The molecule has 0 amide bonds. The lowest BCUT2D eigenvalue weighted by Crippen LogP contribution is -2.41. The van der Waals surface area contributed by atoms with Crippen molar-refractivity contribution in [2.24, 2.45) is 5.92 Å². The second-order valence-corrected chi connectivity index (χ2v) is 6.67. The summed E-state index contributed by atoms with van der Waals surface area (Å²) in [5.74, 6) is -1.08. The summed E-state index contributed by atoms with van der Waals surface area (Å²) in [4.78, 5) is 11.2. The van der Waals surface area contributed by atoms with E-state index in [0.29, 0.717) is 0 Å². The molecule has 1 aromatic rings. The molecule has 5 nitrogen and oxygen atoms in total. The van der Waals surface area contributed by atoms with Crippen molar-refractivity contribution in [3.63, 3.8) is 0 Å². The van der Waals surface area contributed by atoms with Crippen LogP contribution in [0.1, 0.15) is 25.8 Å². The number of carboxylic acids is 1. The predicted molar refractivity (Wildman–Crippen MR) is 72.4 cm³/mol. The van der Waals surface area contributed by atoms with Crippen molar-refractivity contribution in [3.05, 3.63) is 29.8 Å². The average molecular weight is 285 g/mol. The summed E-state index contributed by atoms with van der Waals surface area (Å²) in [6, 6.07) is 5.26. The molecule has 0 heterocycles. The molecule has 0 aliphatic carbocycles. The number of aliphatic carboxylic acids is 1. The number of aryl methyl sites for hydroxylation is 1. The second kappa shape index (κ2) is 6.16. The summed E-state index contributed by atoms with van der Waals surface area (Å²) in [5, 5.41) is 9.06. The quantitative estimate of drug-likeness (QED) is 0.834. The summed E-state index contributed by atoms with van der Waals surface area (Å²) in [5.41, 5.74) is 0.804. The van der Waals surface area contributed by atoms with Gasteiger partial charge in [0.05, 0.1) is 4.90 Å². The van der Waals surface area contributed by atoms with E-state index in [2.05, 4.69) is 4.72 Å². The Balaban J connectivity index is 2.97. The number of hydrogen-bond acceptors (Lipinski definition) is 3. The van der Waals surface area contributed by atoms with Gasteiger partial charge in [-0.3, -0.25) is 4.79 Å². The lowest BCUT2D eigenvalue weighted by Gasteiger charge is -2.16. The molecule has 106 valence electrons. The average Bonchev–Trinajstić information content (AvgIpc) is 2.27. The summed E-state index contributed by atoms with van der Waals surface area (Å²) < 4.78 is 26.5. The van der Waals surface area contributed by atoms with E-state index in [-0.39, 0.29) is 17.2 Å². The number of carbonyl (C=O) groups is 1. The van der Waals surface area contributed by atoms with Gasteiger partial charge in [-0.15, -0.1) is 0 Å². The lowest BCUT2D eigenvalue weighted by molar-refractivity contribution is -0.139. The number of rotatable bonds is 6. The van der Waals surface area contributed by atoms with Gasteiger partial charge in [0.2, 0.25) is 10.0 Å². The van der Waals surface area contributed by atoms with E-state index in [1.165, 1.54) is 12.1 Å². The van der Waals surface area contributed by atoms with E-state index in [9.17, 15) is 13.2 Å². The fraction of sp³-hybridized carbons (Fsp3) is 0.462. The third-order valence-electron chi connectivity index (χ3n) is 2.60. The zero-order valence-electron chi connectivity index (χ0n) is 11.3. The van der Waals surface area contributed by atoms with Crippen molar-refractivity contribution in [1.29, 1.82) is 0 Å². The molecule has 19 heavy (non-hydrogen) atoms. The maximum absolute atomic E-state index is 12.1. The summed E-state index contributed by atoms with van der Waals surface area (Å²) in [7, 11) is -3.80. The first-order valence-corrected chi connectivity index (χ1v) is 7.52. The SMILES string of the molecule is Cc1cccc(S(=O)(=O)NC(CC(C)C)C(=O)O)c1. The first-order chi connectivity index (χ1) is 8.72. The first kappa shape index (κ1) is 15.7. The van der Waals surface area contributed by atoms with Crippen LogP contribution < -0.4 is 4.72 Å². The van der Waals surface area contributed by atoms with Gasteiger partial charge in [0.1, 0.15) is 6.04 Å². The number of hydrogen-bond donors (Lipinski definition) is 2. The topological polar surface area (TPSA) is 83.5 Å². The van der Waals surface area contributed by atoms with Crippen molar-refractivity contribution >= 4 is 16.0 Å². The van der Waals surface area contributed by atoms with Crippen LogP contribution in [-0.4, -0.2) is 25.5 Å². The van der Waals surface area contributed by atoms with Crippen molar-refractivity contribution in [2.75, 3.05) is 0 Å². The Hall–Kier alpha value is -1.40. The summed E-state index contributed by atoms with van der Waals surface area (Å²) in [6.07, 6.45) is 0.250. The molecule has 1 rings (SSSR count). The monoisotopic (exact) mass is 285 g/mol. The minimum Gasteiger partial charge on any atom is -0.480 e. The van der Waals surface area contributed by atoms with Crippen LogP contribution >= 0.6 is 0 Å². The smallest absolute Gasteiger partial charge is 0.321 e. The van der Waals surface area contributed by atoms with Crippen LogP contribution in [0.5, 0.6) is 0 Å². The number of benzene rings is 1. The van der Waals surface area contributed by atoms with Crippen LogP contribution in [0.3, 0.4) is 0 Å². The number of sulfonamides is 1. The van der Waals surface area contributed by atoms with Crippen LogP contribution in [0.25, 0.3) is 0 Å². The third kappa shape index (κ3) is 4.65. The molecule has 0 fully saturated rings. The Morgan fingerprint density at radius 2 is 2.00 bits per heavy atom. The zero-order chi connectivity index (χ0) is 14.6. The Morgan fingerprint density at radius 3 is 2.47 bits per heavy atom. The Kier molecular flexibility index (Phi) is 5.08. The normalized spacial score (nSPS) is 13.5. The molecule has 0 spiro atoms. The molecule has 0 aliphatic rings. The number of nitrogens with one attached hydrogen (secondary N) is 1. The van der Waals surface area contributed by atoms with Gasteiger partial charge in [-0.05, 0) is 37.0 Å². The van der Waals surface area contributed by atoms with Crippen LogP contribution in [0.2, 0.25) is 0 Å². The van der Waals surface area contributed by atoms with Crippen LogP contribution in [-0.2, 0) is 14.8 Å². The highest BCUT2D eigenvalue weighted by atomic mass is 32.2. The molecule has 0 saturated heterocycles. The molecule has 1 unspecified atom stereocenters. The molecule has 0 aliphatic heterocycles. The Morgan fingerprint density at radius 1 is 1.37 bits per heavy atom. The van der Waals surface area contributed by atoms with Crippen LogP contribution in [0, 0.1) is 12.8 Å². The maximum atomic E-state index is 12.1. The molecule has 0 bridgehead atoms. The van der Waals surface area contributed by atoms with Crippen molar-refractivity contribution in [2.45, 2.75) is 38.1 Å². The minimum absolute atomic E-state index is 0.0845. The van der Waals surface area contributed by atoms with Crippen molar-refractivity contribution in [1.82, 2.24) is 4.72 Å². The highest BCUT2D eigenvalue weighted by Crippen LogP contribution is 2.13. The maximum Gasteiger partial charge on any atom is 0.321 e. The fourth-order valence-corrected chi connectivity index (χ4v) is 3.02. The second-order valence-electron chi connectivity index (χ2n) is 4.96. The molecule has 6 heteroatoms. The zero-order valence-corrected chi connectivity index (χ0v) is 12.1. The highest BCUT2D eigenvalue weighted by molar-refractivity contribution is 7.89. The molecule has 0 radical (unpaired) electrons. The Labute approximate surface area is 113 Å².